The number of aromatic nitrogens is 3. The zero-order valence-corrected chi connectivity index (χ0v) is 19.7. The maximum absolute atomic E-state index is 13.0. The molecule has 0 saturated heterocycles. The SMILES string of the molecule is CS(=O)(=O)O.C[C@@]1(O)C(=O)N(c2cncc(Cc3n[nH]c(=O)c4ccccc34)c2)c2ccccc21. The minimum Gasteiger partial charge on any atom is -0.375 e. The van der Waals surface area contributed by atoms with E-state index in [2.05, 4.69) is 15.2 Å². The van der Waals surface area contributed by atoms with Gasteiger partial charge in [-0.05, 0) is 30.7 Å². The summed E-state index contributed by atoms with van der Waals surface area (Å²) in [4.78, 5) is 30.8. The van der Waals surface area contributed by atoms with E-state index in [1.807, 2.05) is 30.3 Å². The summed E-state index contributed by atoms with van der Waals surface area (Å²) < 4.78 is 25.9. The molecule has 5 rings (SSSR count). The van der Waals surface area contributed by atoms with Crippen LogP contribution in [0.1, 0.15) is 23.7 Å². The fourth-order valence-corrected chi connectivity index (χ4v) is 3.97. The highest BCUT2D eigenvalue weighted by molar-refractivity contribution is 7.85. The molecule has 3 N–H and O–H groups in total. The van der Waals surface area contributed by atoms with Gasteiger partial charge in [-0.25, -0.2) is 5.10 Å². The van der Waals surface area contributed by atoms with Gasteiger partial charge in [-0.1, -0.05) is 36.4 Å². The van der Waals surface area contributed by atoms with Crippen LogP contribution in [0.15, 0.2) is 71.8 Å². The first kappa shape index (κ1) is 24.2. The van der Waals surface area contributed by atoms with Crippen molar-refractivity contribution >= 4 is 38.2 Å². The van der Waals surface area contributed by atoms with E-state index in [-0.39, 0.29) is 5.56 Å². The lowest BCUT2D eigenvalue weighted by molar-refractivity contribution is -0.133. The van der Waals surface area contributed by atoms with Crippen LogP contribution in [0, 0.1) is 0 Å². The molecule has 0 spiro atoms. The number of pyridine rings is 1. The Bertz CT molecular complexity index is 1590. The molecule has 2 aromatic heterocycles. The zero-order chi connectivity index (χ0) is 25.4. The van der Waals surface area contributed by atoms with Crippen LogP contribution in [0.25, 0.3) is 10.8 Å². The summed E-state index contributed by atoms with van der Waals surface area (Å²) >= 11 is 0. The van der Waals surface area contributed by atoms with E-state index in [4.69, 9.17) is 4.55 Å². The molecule has 35 heavy (non-hydrogen) atoms. The fraction of sp³-hybridized carbons (Fsp3) is 0.167. The summed E-state index contributed by atoms with van der Waals surface area (Å²) in [5.41, 5.74) is 1.48. The average molecular weight is 495 g/mol. The minimum absolute atomic E-state index is 0.234. The summed E-state index contributed by atoms with van der Waals surface area (Å²) in [5, 5.41) is 18.8. The molecule has 180 valence electrons. The Labute approximate surface area is 200 Å². The highest BCUT2D eigenvalue weighted by Crippen LogP contribution is 2.43. The third-order valence-electron chi connectivity index (χ3n) is 5.47. The molecule has 1 aliphatic rings. The number of amides is 1. The number of anilines is 2. The van der Waals surface area contributed by atoms with E-state index in [0.29, 0.717) is 40.7 Å². The van der Waals surface area contributed by atoms with Gasteiger partial charge in [0.1, 0.15) is 0 Å². The average Bonchev–Trinajstić information content (AvgIpc) is 3.01. The number of H-pyrrole nitrogens is 1. The molecule has 1 aliphatic heterocycles. The molecule has 11 heteroatoms. The van der Waals surface area contributed by atoms with Crippen LogP contribution in [0.3, 0.4) is 0 Å². The van der Waals surface area contributed by atoms with Crippen molar-refractivity contribution in [2.45, 2.75) is 18.9 Å². The number of carbonyl (C=O) groups excluding carboxylic acids is 1. The number of hydrogen-bond acceptors (Lipinski definition) is 7. The van der Waals surface area contributed by atoms with Crippen LogP contribution in [-0.2, 0) is 26.9 Å². The molecule has 0 saturated carbocycles. The summed E-state index contributed by atoms with van der Waals surface area (Å²) in [6, 6.07) is 16.3. The Morgan fingerprint density at radius 1 is 1.03 bits per heavy atom. The molecule has 1 atom stereocenters. The largest absolute Gasteiger partial charge is 0.375 e. The van der Waals surface area contributed by atoms with Gasteiger partial charge >= 0.3 is 0 Å². The molecule has 0 aliphatic carbocycles. The van der Waals surface area contributed by atoms with E-state index in [9.17, 15) is 23.1 Å². The Balaban J connectivity index is 0.000000527. The van der Waals surface area contributed by atoms with Gasteiger partial charge in [-0.3, -0.25) is 24.0 Å². The lowest BCUT2D eigenvalue weighted by Gasteiger charge is -2.20. The number of nitrogens with zero attached hydrogens (tertiary/aromatic N) is 3. The quantitative estimate of drug-likeness (QED) is 0.367. The number of para-hydroxylation sites is 1. The zero-order valence-electron chi connectivity index (χ0n) is 18.8. The Hall–Kier alpha value is -3.93. The number of carbonyl (C=O) groups is 1. The molecule has 0 unspecified atom stereocenters. The maximum atomic E-state index is 13.0. The predicted octanol–water partition coefficient (Wildman–Crippen LogP) is 2.30. The van der Waals surface area contributed by atoms with Crippen molar-refractivity contribution in [1.82, 2.24) is 15.2 Å². The lowest BCUT2D eigenvalue weighted by Crippen LogP contribution is -2.35. The van der Waals surface area contributed by atoms with Gasteiger partial charge in [0.15, 0.2) is 5.60 Å². The van der Waals surface area contributed by atoms with E-state index in [1.165, 1.54) is 11.8 Å². The third kappa shape index (κ3) is 4.97. The van der Waals surface area contributed by atoms with Crippen molar-refractivity contribution in [2.75, 3.05) is 11.2 Å². The van der Waals surface area contributed by atoms with E-state index in [1.54, 1.807) is 36.7 Å². The number of nitrogens with one attached hydrogen (secondary N) is 1. The summed E-state index contributed by atoms with van der Waals surface area (Å²) in [6.45, 7) is 1.50. The molecule has 4 aromatic rings. The number of aromatic amines is 1. The van der Waals surface area contributed by atoms with Gasteiger partial charge in [0.05, 0.1) is 34.9 Å². The smallest absolute Gasteiger partial charge is 0.272 e. The second-order valence-electron chi connectivity index (χ2n) is 8.24. The molecule has 10 nitrogen and oxygen atoms in total. The van der Waals surface area contributed by atoms with Gasteiger partial charge in [-0.15, -0.1) is 0 Å². The van der Waals surface area contributed by atoms with Gasteiger partial charge in [0.2, 0.25) is 0 Å². The van der Waals surface area contributed by atoms with Gasteiger partial charge < -0.3 is 5.11 Å². The second kappa shape index (κ2) is 9.02. The molecule has 0 fully saturated rings. The van der Waals surface area contributed by atoms with Gasteiger partial charge in [0.25, 0.3) is 21.6 Å². The second-order valence-corrected chi connectivity index (χ2v) is 9.70. The minimum atomic E-state index is -3.67. The van der Waals surface area contributed by atoms with Crippen LogP contribution in [-0.4, -0.2) is 45.4 Å². The number of benzene rings is 2. The Kier molecular flexibility index (Phi) is 6.24. The van der Waals surface area contributed by atoms with Crippen LogP contribution in [0.5, 0.6) is 0 Å². The number of rotatable bonds is 3. The fourth-order valence-electron chi connectivity index (χ4n) is 3.97. The van der Waals surface area contributed by atoms with Gasteiger partial charge in [-0.2, -0.15) is 13.5 Å². The number of aliphatic hydroxyl groups is 1. The first-order chi connectivity index (χ1) is 16.5. The molecular formula is C24H22N4O6S. The normalized spacial score (nSPS) is 17.1. The molecule has 0 bridgehead atoms. The Morgan fingerprint density at radius 3 is 2.37 bits per heavy atom. The van der Waals surface area contributed by atoms with Crippen molar-refractivity contribution in [3.8, 4) is 0 Å². The maximum Gasteiger partial charge on any atom is 0.272 e. The van der Waals surface area contributed by atoms with Crippen LogP contribution >= 0.6 is 0 Å². The molecule has 2 aromatic carbocycles. The van der Waals surface area contributed by atoms with E-state index in [0.717, 1.165) is 10.9 Å². The Morgan fingerprint density at radius 2 is 1.66 bits per heavy atom. The molecule has 1 amide bonds. The molecule has 0 radical (unpaired) electrons. The molecule has 3 heterocycles. The van der Waals surface area contributed by atoms with E-state index >= 15 is 0 Å². The highest BCUT2D eigenvalue weighted by Gasteiger charge is 2.46. The van der Waals surface area contributed by atoms with E-state index < -0.39 is 21.6 Å². The monoisotopic (exact) mass is 494 g/mol. The van der Waals surface area contributed by atoms with Crippen molar-refractivity contribution in [3.63, 3.8) is 0 Å². The van der Waals surface area contributed by atoms with Crippen LogP contribution < -0.4 is 10.5 Å². The lowest BCUT2D eigenvalue weighted by atomic mass is 9.98. The van der Waals surface area contributed by atoms with Crippen molar-refractivity contribution in [1.29, 1.82) is 0 Å². The van der Waals surface area contributed by atoms with Crippen LogP contribution in [0.4, 0.5) is 11.4 Å². The summed E-state index contributed by atoms with van der Waals surface area (Å²) in [5.74, 6) is -0.421. The first-order valence-electron chi connectivity index (χ1n) is 10.5. The number of hydrogen-bond donors (Lipinski definition) is 3. The highest BCUT2D eigenvalue weighted by atomic mass is 32.2. The van der Waals surface area contributed by atoms with Crippen molar-refractivity contribution < 1.29 is 22.9 Å². The van der Waals surface area contributed by atoms with Crippen LogP contribution in [0.2, 0.25) is 0 Å². The standard InChI is InChI=1S/C23H18N4O3.CH4O3S/c1-23(30)18-8-4-5-9-20(18)27(22(23)29)15-10-14(12-24-13-15)11-19-16-6-2-3-7-17(16)21(28)26-25-19;1-5(2,3)4/h2-10,12-13,30H,11H2,1H3,(H,26,28);1H3,(H,2,3,4)/t23-;/m0./s1. The van der Waals surface area contributed by atoms with Crippen molar-refractivity contribution in [2.24, 2.45) is 0 Å². The topological polar surface area (TPSA) is 154 Å². The molecular weight excluding hydrogens is 472 g/mol. The summed E-state index contributed by atoms with van der Waals surface area (Å²) in [7, 11) is -3.67. The van der Waals surface area contributed by atoms with Gasteiger partial charge in [0, 0.05) is 23.6 Å². The summed E-state index contributed by atoms with van der Waals surface area (Å²) in [6.07, 6.45) is 4.44. The van der Waals surface area contributed by atoms with Crippen molar-refractivity contribution in [3.05, 3.63) is 94.2 Å². The first-order valence-corrected chi connectivity index (χ1v) is 12.3. The predicted molar refractivity (Wildman–Crippen MR) is 130 cm³/mol. The number of fused-ring (bicyclic) bond motifs is 2. The third-order valence-corrected chi connectivity index (χ3v) is 5.47.